The summed E-state index contributed by atoms with van der Waals surface area (Å²) in [6, 6.07) is 22.5. The Morgan fingerprint density at radius 2 is 1.71 bits per heavy atom. The molecular weight excluding hydrogens is 422 g/mol. The summed E-state index contributed by atoms with van der Waals surface area (Å²) >= 11 is 0. The number of nitrogens with zero attached hydrogens (tertiary/aromatic N) is 2. The number of fused-ring (bicyclic) bond motifs is 1. The number of hydrogen-bond acceptors (Lipinski definition) is 3. The second kappa shape index (κ2) is 11.0. The third kappa shape index (κ3) is 6.04. The normalized spacial score (nSPS) is 11.0. The van der Waals surface area contributed by atoms with Crippen LogP contribution in [0, 0.1) is 20.8 Å². The summed E-state index contributed by atoms with van der Waals surface area (Å²) in [5.41, 5.74) is 6.73. The van der Waals surface area contributed by atoms with Gasteiger partial charge in [-0.15, -0.1) is 0 Å². The molecule has 176 valence electrons. The molecule has 34 heavy (non-hydrogen) atoms. The molecule has 1 amide bonds. The van der Waals surface area contributed by atoms with Crippen LogP contribution in [0.2, 0.25) is 0 Å². The maximum absolute atomic E-state index is 12.5. The summed E-state index contributed by atoms with van der Waals surface area (Å²) in [7, 11) is 0. The van der Waals surface area contributed by atoms with Gasteiger partial charge in [-0.25, -0.2) is 4.98 Å². The van der Waals surface area contributed by atoms with Crippen LogP contribution in [0.1, 0.15) is 34.5 Å². The van der Waals surface area contributed by atoms with E-state index in [2.05, 4.69) is 48.0 Å². The monoisotopic (exact) mass is 455 g/mol. The van der Waals surface area contributed by atoms with Gasteiger partial charge in [0, 0.05) is 19.5 Å². The highest BCUT2D eigenvalue weighted by Gasteiger charge is 2.11. The summed E-state index contributed by atoms with van der Waals surface area (Å²) in [5.74, 6) is 1.95. The average molecular weight is 456 g/mol. The first-order valence-corrected chi connectivity index (χ1v) is 12.0. The minimum atomic E-state index is 0.0406. The van der Waals surface area contributed by atoms with E-state index < -0.39 is 0 Å². The molecule has 0 bridgehead atoms. The smallest absolute Gasteiger partial charge is 0.224 e. The van der Waals surface area contributed by atoms with Crippen molar-refractivity contribution in [3.05, 3.63) is 94.8 Å². The largest absolute Gasteiger partial charge is 0.494 e. The number of carbonyl (C=O) groups is 1. The summed E-state index contributed by atoms with van der Waals surface area (Å²) in [6.45, 7) is 8.23. The second-order valence-corrected chi connectivity index (χ2v) is 8.90. The molecule has 0 radical (unpaired) electrons. The predicted octanol–water partition coefficient (Wildman–Crippen LogP) is 5.33. The molecule has 1 heterocycles. The van der Waals surface area contributed by atoms with Gasteiger partial charge in [-0.1, -0.05) is 42.5 Å². The standard InChI is InChI=1S/C29H33N3O2/c1-21-17-22(2)19-25(18-21)34-16-8-15-32-27-12-7-6-11-26(27)31-28(32)13-14-30-29(33)20-24-10-5-4-9-23(24)3/h4-7,9-12,17-19H,8,13-16,20H2,1-3H3,(H,30,33). The van der Waals surface area contributed by atoms with Crippen molar-refractivity contribution in [2.45, 2.75) is 46.6 Å². The average Bonchev–Trinajstić information content (AvgIpc) is 3.15. The first-order valence-electron chi connectivity index (χ1n) is 12.0. The van der Waals surface area contributed by atoms with Crippen LogP contribution in [-0.2, 0) is 24.2 Å². The van der Waals surface area contributed by atoms with E-state index in [1.54, 1.807) is 0 Å². The van der Waals surface area contributed by atoms with E-state index in [0.29, 0.717) is 26.0 Å². The molecular formula is C29H33N3O2. The lowest BCUT2D eigenvalue weighted by Gasteiger charge is -2.12. The maximum Gasteiger partial charge on any atom is 0.224 e. The number of imidazole rings is 1. The number of aryl methyl sites for hydroxylation is 4. The van der Waals surface area contributed by atoms with Crippen LogP contribution < -0.4 is 10.1 Å². The lowest BCUT2D eigenvalue weighted by Crippen LogP contribution is -2.28. The number of amides is 1. The first kappa shape index (κ1) is 23.6. The van der Waals surface area contributed by atoms with Crippen molar-refractivity contribution in [3.8, 4) is 5.75 Å². The number of rotatable bonds is 10. The summed E-state index contributed by atoms with van der Waals surface area (Å²) in [5, 5.41) is 3.06. The molecule has 1 aromatic heterocycles. The van der Waals surface area contributed by atoms with E-state index in [1.807, 2.05) is 49.4 Å². The van der Waals surface area contributed by atoms with Gasteiger partial charge in [0.1, 0.15) is 11.6 Å². The lowest BCUT2D eigenvalue weighted by molar-refractivity contribution is -0.120. The minimum Gasteiger partial charge on any atom is -0.494 e. The van der Waals surface area contributed by atoms with Crippen molar-refractivity contribution in [3.63, 3.8) is 0 Å². The predicted molar refractivity (Wildman–Crippen MR) is 137 cm³/mol. The molecule has 5 nitrogen and oxygen atoms in total. The Morgan fingerprint density at radius 1 is 0.971 bits per heavy atom. The van der Waals surface area contributed by atoms with Crippen LogP contribution in [0.4, 0.5) is 0 Å². The fourth-order valence-electron chi connectivity index (χ4n) is 4.35. The van der Waals surface area contributed by atoms with Crippen molar-refractivity contribution >= 4 is 16.9 Å². The Bertz CT molecular complexity index is 1260. The van der Waals surface area contributed by atoms with Crippen molar-refractivity contribution in [1.82, 2.24) is 14.9 Å². The van der Waals surface area contributed by atoms with Crippen LogP contribution in [0.5, 0.6) is 5.75 Å². The molecule has 1 N–H and O–H groups in total. The molecule has 0 unspecified atom stereocenters. The van der Waals surface area contributed by atoms with Crippen LogP contribution in [0.25, 0.3) is 11.0 Å². The molecule has 0 saturated heterocycles. The molecule has 0 aliphatic carbocycles. The van der Waals surface area contributed by atoms with Crippen molar-refractivity contribution in [2.75, 3.05) is 13.2 Å². The third-order valence-electron chi connectivity index (χ3n) is 6.01. The van der Waals surface area contributed by atoms with E-state index in [4.69, 9.17) is 9.72 Å². The number of hydrogen-bond donors (Lipinski definition) is 1. The topological polar surface area (TPSA) is 56.1 Å². The number of ether oxygens (including phenoxy) is 1. The van der Waals surface area contributed by atoms with Crippen LogP contribution in [0.15, 0.2) is 66.7 Å². The number of para-hydroxylation sites is 2. The number of benzene rings is 3. The van der Waals surface area contributed by atoms with Gasteiger partial charge in [0.15, 0.2) is 0 Å². The van der Waals surface area contributed by atoms with Crippen LogP contribution in [-0.4, -0.2) is 28.6 Å². The highest BCUT2D eigenvalue weighted by molar-refractivity contribution is 5.79. The Balaban J connectivity index is 1.35. The zero-order valence-corrected chi connectivity index (χ0v) is 20.3. The van der Waals surface area contributed by atoms with E-state index in [9.17, 15) is 4.79 Å². The molecule has 0 saturated carbocycles. The maximum atomic E-state index is 12.5. The Kier molecular flexibility index (Phi) is 7.63. The van der Waals surface area contributed by atoms with E-state index >= 15 is 0 Å². The zero-order valence-electron chi connectivity index (χ0n) is 20.3. The Hall–Kier alpha value is -3.60. The van der Waals surface area contributed by atoms with E-state index in [0.717, 1.165) is 46.7 Å². The first-order chi connectivity index (χ1) is 16.5. The Labute approximate surface area is 201 Å². The summed E-state index contributed by atoms with van der Waals surface area (Å²) in [4.78, 5) is 17.3. The highest BCUT2D eigenvalue weighted by Crippen LogP contribution is 2.19. The molecule has 0 aliphatic rings. The molecule has 0 aliphatic heterocycles. The highest BCUT2D eigenvalue weighted by atomic mass is 16.5. The number of nitrogens with one attached hydrogen (secondary N) is 1. The van der Waals surface area contributed by atoms with Crippen molar-refractivity contribution in [2.24, 2.45) is 0 Å². The van der Waals surface area contributed by atoms with Gasteiger partial charge in [0.2, 0.25) is 5.91 Å². The summed E-state index contributed by atoms with van der Waals surface area (Å²) in [6.07, 6.45) is 1.96. The van der Waals surface area contributed by atoms with Gasteiger partial charge in [-0.3, -0.25) is 4.79 Å². The molecule has 4 aromatic rings. The Morgan fingerprint density at radius 3 is 2.50 bits per heavy atom. The van der Waals surface area contributed by atoms with Crippen LogP contribution in [0.3, 0.4) is 0 Å². The third-order valence-corrected chi connectivity index (χ3v) is 6.01. The molecule has 0 atom stereocenters. The fourth-order valence-corrected chi connectivity index (χ4v) is 4.35. The molecule has 4 rings (SSSR count). The fraction of sp³-hybridized carbons (Fsp3) is 0.310. The van der Waals surface area contributed by atoms with Gasteiger partial charge < -0.3 is 14.6 Å². The van der Waals surface area contributed by atoms with E-state index in [-0.39, 0.29) is 5.91 Å². The van der Waals surface area contributed by atoms with Crippen molar-refractivity contribution < 1.29 is 9.53 Å². The SMILES string of the molecule is Cc1cc(C)cc(OCCCn2c(CCNC(=O)Cc3ccccc3C)nc3ccccc32)c1. The quantitative estimate of drug-likeness (QED) is 0.329. The molecule has 0 spiro atoms. The molecule has 5 heteroatoms. The van der Waals surface area contributed by atoms with Gasteiger partial charge in [-0.2, -0.15) is 0 Å². The van der Waals surface area contributed by atoms with Gasteiger partial charge in [0.05, 0.1) is 24.1 Å². The van der Waals surface area contributed by atoms with Crippen molar-refractivity contribution in [1.29, 1.82) is 0 Å². The molecule has 3 aromatic carbocycles. The summed E-state index contributed by atoms with van der Waals surface area (Å²) < 4.78 is 8.26. The van der Waals surface area contributed by atoms with Crippen LogP contribution >= 0.6 is 0 Å². The number of carbonyl (C=O) groups excluding carboxylic acids is 1. The second-order valence-electron chi connectivity index (χ2n) is 8.90. The lowest BCUT2D eigenvalue weighted by atomic mass is 10.1. The number of aromatic nitrogens is 2. The molecule has 0 fully saturated rings. The van der Waals surface area contributed by atoms with Gasteiger partial charge in [-0.05, 0) is 73.7 Å². The van der Waals surface area contributed by atoms with Gasteiger partial charge in [0.25, 0.3) is 0 Å². The minimum absolute atomic E-state index is 0.0406. The van der Waals surface area contributed by atoms with E-state index in [1.165, 1.54) is 11.1 Å². The zero-order chi connectivity index (χ0) is 23.9. The van der Waals surface area contributed by atoms with Gasteiger partial charge >= 0.3 is 0 Å².